The first-order chi connectivity index (χ1) is 19.0. The third kappa shape index (κ3) is 8.93. The third-order valence-electron chi connectivity index (χ3n) is 7.13. The fraction of sp³-hybridized carbons (Fsp3) is 0.500. The van der Waals surface area contributed by atoms with Gasteiger partial charge in [0.25, 0.3) is 0 Å². The fourth-order valence-electron chi connectivity index (χ4n) is 4.77. The molecule has 3 rings (SSSR count). The molecule has 8 nitrogen and oxygen atoms in total. The largest absolute Gasteiger partial charge is 0.508 e. The maximum absolute atomic E-state index is 12.2. The van der Waals surface area contributed by atoms with Gasteiger partial charge in [-0.1, -0.05) is 27.7 Å². The lowest BCUT2D eigenvalue weighted by Crippen LogP contribution is -2.22. The van der Waals surface area contributed by atoms with E-state index in [0.29, 0.717) is 49.6 Å². The Hall–Kier alpha value is -3.68. The minimum Gasteiger partial charge on any atom is -0.508 e. The molecule has 2 heterocycles. The number of furan rings is 2. The highest BCUT2D eigenvalue weighted by atomic mass is 16.5. The normalized spacial score (nSPS) is 11.8. The average molecular weight is 555 g/mol. The smallest absolute Gasteiger partial charge is 0.306 e. The van der Waals surface area contributed by atoms with Crippen molar-refractivity contribution in [3.8, 4) is 11.5 Å². The standard InChI is InChI=1S/C32H42O8/c1-6-36-28-20-25(31(2,3)15-7-13-29(34)39-21-23-11-9-17-37-23)27(33)19-26(28)32(4,5)16-8-14-30(35)40-22-24-12-10-18-38-24/h9-12,17-20,33H,6-8,13-16,21-22H2,1-5H3. The number of aromatic hydroxyl groups is 1. The first-order valence-electron chi connectivity index (χ1n) is 13.9. The lowest BCUT2D eigenvalue weighted by molar-refractivity contribution is -0.146. The molecule has 8 heteroatoms. The molecule has 0 unspecified atom stereocenters. The van der Waals surface area contributed by atoms with Gasteiger partial charge in [0.05, 0.1) is 19.1 Å². The minimum atomic E-state index is -0.405. The van der Waals surface area contributed by atoms with Gasteiger partial charge >= 0.3 is 11.9 Å². The Morgan fingerprint density at radius 2 is 1.30 bits per heavy atom. The third-order valence-corrected chi connectivity index (χ3v) is 7.13. The maximum atomic E-state index is 12.2. The van der Waals surface area contributed by atoms with Crippen LogP contribution in [-0.4, -0.2) is 23.7 Å². The second-order valence-corrected chi connectivity index (χ2v) is 11.3. The van der Waals surface area contributed by atoms with E-state index < -0.39 is 5.41 Å². The Bertz CT molecular complexity index is 1210. The van der Waals surface area contributed by atoms with Crippen LogP contribution >= 0.6 is 0 Å². The van der Waals surface area contributed by atoms with Crippen LogP contribution in [-0.2, 0) is 43.1 Å². The molecule has 0 aliphatic carbocycles. The van der Waals surface area contributed by atoms with Gasteiger partial charge in [0.2, 0.25) is 0 Å². The second-order valence-electron chi connectivity index (χ2n) is 11.3. The molecule has 1 aromatic carbocycles. The van der Waals surface area contributed by atoms with E-state index in [2.05, 4.69) is 13.8 Å². The Kier molecular flexibility index (Phi) is 10.9. The second kappa shape index (κ2) is 14.1. The van der Waals surface area contributed by atoms with Gasteiger partial charge in [-0.15, -0.1) is 0 Å². The van der Waals surface area contributed by atoms with E-state index in [0.717, 1.165) is 11.1 Å². The molecule has 0 spiro atoms. The number of esters is 2. The average Bonchev–Trinajstić information content (AvgIpc) is 3.61. The molecule has 2 aromatic heterocycles. The summed E-state index contributed by atoms with van der Waals surface area (Å²) in [5.41, 5.74) is 0.888. The van der Waals surface area contributed by atoms with Crippen molar-refractivity contribution in [3.05, 3.63) is 71.6 Å². The topological polar surface area (TPSA) is 108 Å². The first kappa shape index (κ1) is 30.9. The predicted molar refractivity (Wildman–Crippen MR) is 150 cm³/mol. The number of ether oxygens (including phenoxy) is 3. The van der Waals surface area contributed by atoms with Crippen molar-refractivity contribution in [2.75, 3.05) is 6.61 Å². The van der Waals surface area contributed by atoms with Gasteiger partial charge in [-0.05, 0) is 79.8 Å². The van der Waals surface area contributed by atoms with Crippen LogP contribution in [0.1, 0.15) is 95.8 Å². The Morgan fingerprint density at radius 1 is 0.800 bits per heavy atom. The summed E-state index contributed by atoms with van der Waals surface area (Å²) < 4.78 is 27.0. The molecule has 1 N–H and O–H groups in total. The number of hydrogen-bond donors (Lipinski definition) is 1. The summed E-state index contributed by atoms with van der Waals surface area (Å²) in [6, 6.07) is 10.7. The SMILES string of the molecule is CCOc1cc(C(C)(C)CCCC(=O)OCc2ccco2)c(O)cc1C(C)(C)CCCC(=O)OCc1ccco1. The number of rotatable bonds is 16. The maximum Gasteiger partial charge on any atom is 0.306 e. The molecule has 3 aromatic rings. The number of benzene rings is 1. The van der Waals surface area contributed by atoms with E-state index in [1.165, 1.54) is 0 Å². The van der Waals surface area contributed by atoms with Crippen molar-refractivity contribution in [1.82, 2.24) is 0 Å². The molecule has 0 fully saturated rings. The van der Waals surface area contributed by atoms with Crippen LogP contribution in [0.3, 0.4) is 0 Å². The summed E-state index contributed by atoms with van der Waals surface area (Å²) in [7, 11) is 0. The summed E-state index contributed by atoms with van der Waals surface area (Å²) in [5.74, 6) is 1.56. The van der Waals surface area contributed by atoms with Crippen molar-refractivity contribution >= 4 is 11.9 Å². The summed E-state index contributed by atoms with van der Waals surface area (Å²) in [6.45, 7) is 10.9. The van der Waals surface area contributed by atoms with Crippen LogP contribution in [0.25, 0.3) is 0 Å². The van der Waals surface area contributed by atoms with Crippen molar-refractivity contribution in [3.63, 3.8) is 0 Å². The predicted octanol–water partition coefficient (Wildman–Crippen LogP) is 7.36. The summed E-state index contributed by atoms with van der Waals surface area (Å²) >= 11 is 0. The van der Waals surface area contributed by atoms with Crippen molar-refractivity contribution in [1.29, 1.82) is 0 Å². The summed E-state index contributed by atoms with van der Waals surface area (Å²) in [5, 5.41) is 11.1. The summed E-state index contributed by atoms with van der Waals surface area (Å²) in [4.78, 5) is 24.4. The molecular weight excluding hydrogens is 512 g/mol. The molecular formula is C32H42O8. The molecule has 0 atom stereocenters. The first-order valence-corrected chi connectivity index (χ1v) is 13.9. The van der Waals surface area contributed by atoms with Crippen LogP contribution in [0.5, 0.6) is 11.5 Å². The van der Waals surface area contributed by atoms with E-state index in [1.54, 1.807) is 42.9 Å². The van der Waals surface area contributed by atoms with Crippen LogP contribution < -0.4 is 4.74 Å². The van der Waals surface area contributed by atoms with Gasteiger partial charge in [0.15, 0.2) is 0 Å². The van der Waals surface area contributed by atoms with Gasteiger partial charge in [-0.3, -0.25) is 9.59 Å². The van der Waals surface area contributed by atoms with Crippen molar-refractivity contribution in [2.45, 2.75) is 97.2 Å². The number of carbonyl (C=O) groups is 2. The van der Waals surface area contributed by atoms with Crippen LogP contribution in [0.4, 0.5) is 0 Å². The molecule has 0 amide bonds. The molecule has 0 saturated heterocycles. The van der Waals surface area contributed by atoms with Gasteiger partial charge < -0.3 is 28.2 Å². The zero-order valence-corrected chi connectivity index (χ0v) is 24.3. The highest BCUT2D eigenvalue weighted by molar-refractivity contribution is 5.69. The van der Waals surface area contributed by atoms with E-state index in [1.807, 2.05) is 26.8 Å². The quantitative estimate of drug-likeness (QED) is 0.183. The van der Waals surface area contributed by atoms with E-state index in [9.17, 15) is 14.7 Å². The van der Waals surface area contributed by atoms with Crippen LogP contribution in [0, 0.1) is 0 Å². The van der Waals surface area contributed by atoms with Crippen molar-refractivity contribution in [2.24, 2.45) is 0 Å². The molecule has 40 heavy (non-hydrogen) atoms. The lowest BCUT2D eigenvalue weighted by atomic mass is 9.75. The summed E-state index contributed by atoms with van der Waals surface area (Å²) in [6.07, 6.45) is 6.26. The zero-order chi connectivity index (χ0) is 29.2. The Morgan fingerprint density at radius 3 is 1.75 bits per heavy atom. The molecule has 218 valence electrons. The monoisotopic (exact) mass is 554 g/mol. The molecule has 0 aliphatic rings. The highest BCUT2D eigenvalue weighted by Crippen LogP contribution is 2.44. The van der Waals surface area contributed by atoms with Gasteiger partial charge in [-0.2, -0.15) is 0 Å². The van der Waals surface area contributed by atoms with E-state index >= 15 is 0 Å². The number of phenols is 1. The van der Waals surface area contributed by atoms with Crippen molar-refractivity contribution < 1.29 is 37.7 Å². The Labute approximate surface area is 236 Å². The number of phenolic OH excluding ortho intramolecular Hbond substituents is 1. The van der Waals surface area contributed by atoms with Gasteiger partial charge in [0.1, 0.15) is 36.2 Å². The lowest BCUT2D eigenvalue weighted by Gasteiger charge is -2.31. The molecule has 0 aliphatic heterocycles. The minimum absolute atomic E-state index is 0.122. The molecule has 0 saturated carbocycles. The number of carbonyl (C=O) groups excluding carboxylic acids is 2. The number of hydrogen-bond acceptors (Lipinski definition) is 8. The van der Waals surface area contributed by atoms with Gasteiger partial charge in [0, 0.05) is 24.0 Å². The molecule has 0 radical (unpaired) electrons. The fourth-order valence-corrected chi connectivity index (χ4v) is 4.77. The van der Waals surface area contributed by atoms with E-state index in [-0.39, 0.29) is 49.2 Å². The Balaban J connectivity index is 1.59. The molecule has 0 bridgehead atoms. The van der Waals surface area contributed by atoms with Crippen LogP contribution in [0.15, 0.2) is 57.8 Å². The highest BCUT2D eigenvalue weighted by Gasteiger charge is 2.31. The van der Waals surface area contributed by atoms with Gasteiger partial charge in [-0.25, -0.2) is 0 Å². The van der Waals surface area contributed by atoms with E-state index in [4.69, 9.17) is 23.0 Å². The zero-order valence-electron chi connectivity index (χ0n) is 24.3. The van der Waals surface area contributed by atoms with Crippen LogP contribution in [0.2, 0.25) is 0 Å².